The first kappa shape index (κ1) is 15.1. The number of aromatic nitrogens is 2. The van der Waals surface area contributed by atoms with Crippen molar-refractivity contribution in [2.24, 2.45) is 0 Å². The molecule has 0 aliphatic rings. The molecule has 0 fully saturated rings. The molecule has 1 aromatic carbocycles. The molecule has 21 heavy (non-hydrogen) atoms. The highest BCUT2D eigenvalue weighted by molar-refractivity contribution is 5.71. The first-order valence-corrected chi connectivity index (χ1v) is 6.42. The van der Waals surface area contributed by atoms with Crippen LogP contribution in [0.25, 0.3) is 11.5 Å². The van der Waals surface area contributed by atoms with Crippen LogP contribution in [0.2, 0.25) is 0 Å². The smallest absolute Gasteiger partial charge is 0.398 e. The number of nitrogen functional groups attached to an aromatic ring is 1. The summed E-state index contributed by atoms with van der Waals surface area (Å²) in [6.45, 7) is 5.15. The first-order valence-electron chi connectivity index (χ1n) is 6.42. The number of halogens is 3. The number of nitrogens with two attached hydrogens (primary N) is 1. The molecule has 0 amide bonds. The normalized spacial score (nSPS) is 11.7. The summed E-state index contributed by atoms with van der Waals surface area (Å²) >= 11 is 0. The molecule has 2 rings (SSSR count). The Labute approximate surface area is 119 Å². The summed E-state index contributed by atoms with van der Waals surface area (Å²) < 4.78 is 43.3. The lowest BCUT2D eigenvalue weighted by Crippen LogP contribution is -2.22. The second-order valence-corrected chi connectivity index (χ2v) is 4.37. The molecule has 0 saturated carbocycles. The summed E-state index contributed by atoms with van der Waals surface area (Å²) in [4.78, 5) is 5.92. The largest absolute Gasteiger partial charge is 0.416 e. The van der Waals surface area contributed by atoms with E-state index >= 15 is 0 Å². The van der Waals surface area contributed by atoms with E-state index in [4.69, 9.17) is 10.3 Å². The van der Waals surface area contributed by atoms with Crippen LogP contribution in [0, 0.1) is 0 Å². The van der Waals surface area contributed by atoms with Gasteiger partial charge in [0.05, 0.1) is 11.1 Å². The third-order valence-electron chi connectivity index (χ3n) is 3.07. The number of hydrogen-bond acceptors (Lipinski definition) is 5. The van der Waals surface area contributed by atoms with Crippen LogP contribution in [0.1, 0.15) is 19.4 Å². The molecule has 8 heteroatoms. The van der Waals surface area contributed by atoms with Gasteiger partial charge in [-0.15, -0.1) is 0 Å². The van der Waals surface area contributed by atoms with Gasteiger partial charge in [0.25, 0.3) is 11.8 Å². The lowest BCUT2D eigenvalue weighted by atomic mass is 10.1. The summed E-state index contributed by atoms with van der Waals surface area (Å²) in [7, 11) is 0. The van der Waals surface area contributed by atoms with Crippen molar-refractivity contribution in [3.05, 3.63) is 23.8 Å². The van der Waals surface area contributed by atoms with E-state index in [1.54, 1.807) is 0 Å². The first-order chi connectivity index (χ1) is 9.86. The molecule has 0 bridgehead atoms. The van der Waals surface area contributed by atoms with Crippen molar-refractivity contribution < 1.29 is 17.7 Å². The number of hydrogen-bond donors (Lipinski definition) is 1. The fourth-order valence-corrected chi connectivity index (χ4v) is 1.88. The zero-order valence-corrected chi connectivity index (χ0v) is 11.6. The van der Waals surface area contributed by atoms with E-state index in [0.717, 1.165) is 12.1 Å². The van der Waals surface area contributed by atoms with Crippen LogP contribution in [0.5, 0.6) is 0 Å². The second-order valence-electron chi connectivity index (χ2n) is 4.37. The van der Waals surface area contributed by atoms with Gasteiger partial charge in [0.1, 0.15) is 0 Å². The van der Waals surface area contributed by atoms with E-state index in [1.165, 1.54) is 6.07 Å². The average Bonchev–Trinajstić information content (AvgIpc) is 2.89. The Morgan fingerprint density at radius 2 is 1.90 bits per heavy atom. The molecular formula is C13H15F3N4O. The van der Waals surface area contributed by atoms with Crippen molar-refractivity contribution in [1.29, 1.82) is 0 Å². The van der Waals surface area contributed by atoms with Crippen molar-refractivity contribution in [3.63, 3.8) is 0 Å². The topological polar surface area (TPSA) is 68.2 Å². The minimum Gasteiger partial charge on any atom is -0.398 e. The Bertz CT molecular complexity index is 620. The van der Waals surface area contributed by atoms with Gasteiger partial charge in [-0.1, -0.05) is 0 Å². The fourth-order valence-electron chi connectivity index (χ4n) is 1.88. The van der Waals surface area contributed by atoms with Gasteiger partial charge < -0.3 is 15.2 Å². The fraction of sp³-hybridized carbons (Fsp3) is 0.385. The number of rotatable bonds is 4. The Morgan fingerprint density at radius 1 is 1.24 bits per heavy atom. The van der Waals surface area contributed by atoms with Crippen LogP contribution in [-0.4, -0.2) is 23.2 Å². The summed E-state index contributed by atoms with van der Waals surface area (Å²) in [5.41, 5.74) is 5.13. The van der Waals surface area contributed by atoms with Crippen LogP contribution in [0.15, 0.2) is 22.7 Å². The van der Waals surface area contributed by atoms with Crippen molar-refractivity contribution in [3.8, 4) is 11.5 Å². The van der Waals surface area contributed by atoms with Gasteiger partial charge in [-0.3, -0.25) is 0 Å². The number of nitrogens with zero attached hydrogens (tertiary/aromatic N) is 3. The van der Waals surface area contributed by atoms with Crippen molar-refractivity contribution in [2.75, 3.05) is 23.7 Å². The lowest BCUT2D eigenvalue weighted by Gasteiger charge is -2.14. The maximum atomic E-state index is 12.7. The van der Waals surface area contributed by atoms with Gasteiger partial charge in [-0.05, 0) is 37.2 Å². The quantitative estimate of drug-likeness (QED) is 0.878. The third kappa shape index (κ3) is 3.09. The molecule has 0 saturated heterocycles. The van der Waals surface area contributed by atoms with E-state index < -0.39 is 11.7 Å². The predicted molar refractivity (Wildman–Crippen MR) is 72.7 cm³/mol. The number of benzene rings is 1. The Morgan fingerprint density at radius 3 is 2.48 bits per heavy atom. The minimum absolute atomic E-state index is 0.0273. The highest BCUT2D eigenvalue weighted by Gasteiger charge is 2.31. The molecule has 1 aromatic heterocycles. The number of alkyl halides is 3. The molecule has 1 heterocycles. The summed E-state index contributed by atoms with van der Waals surface area (Å²) in [6.07, 6.45) is -4.45. The van der Waals surface area contributed by atoms with Gasteiger partial charge >= 0.3 is 6.18 Å². The van der Waals surface area contributed by atoms with E-state index in [2.05, 4.69) is 10.1 Å². The molecule has 0 radical (unpaired) electrons. The van der Waals surface area contributed by atoms with Gasteiger partial charge in [-0.25, -0.2) is 0 Å². The Balaban J connectivity index is 2.42. The maximum Gasteiger partial charge on any atom is 0.416 e. The van der Waals surface area contributed by atoms with Crippen LogP contribution in [0.4, 0.5) is 24.8 Å². The highest BCUT2D eigenvalue weighted by atomic mass is 19.4. The van der Waals surface area contributed by atoms with E-state index in [1.807, 2.05) is 18.7 Å². The summed E-state index contributed by atoms with van der Waals surface area (Å²) in [5.74, 6) is 0.298. The monoisotopic (exact) mass is 300 g/mol. The van der Waals surface area contributed by atoms with Crippen LogP contribution >= 0.6 is 0 Å². The van der Waals surface area contributed by atoms with E-state index in [9.17, 15) is 13.2 Å². The Kier molecular flexibility index (Phi) is 4.06. The molecule has 0 unspecified atom stereocenters. The van der Waals surface area contributed by atoms with E-state index in [0.29, 0.717) is 19.0 Å². The maximum absolute atomic E-state index is 12.7. The molecular weight excluding hydrogens is 285 g/mol. The van der Waals surface area contributed by atoms with Crippen molar-refractivity contribution in [1.82, 2.24) is 10.1 Å². The van der Waals surface area contributed by atoms with Gasteiger partial charge in [0.2, 0.25) is 0 Å². The van der Waals surface area contributed by atoms with Crippen molar-refractivity contribution in [2.45, 2.75) is 20.0 Å². The molecule has 5 nitrogen and oxygen atoms in total. The van der Waals surface area contributed by atoms with Crippen molar-refractivity contribution >= 4 is 11.6 Å². The molecule has 0 aliphatic carbocycles. The predicted octanol–water partition coefficient (Wildman–Crippen LogP) is 3.18. The zero-order chi connectivity index (χ0) is 15.6. The molecule has 0 atom stereocenters. The van der Waals surface area contributed by atoms with Crippen LogP contribution < -0.4 is 10.6 Å². The second kappa shape index (κ2) is 5.63. The van der Waals surface area contributed by atoms with Crippen LogP contribution in [0.3, 0.4) is 0 Å². The van der Waals surface area contributed by atoms with Crippen LogP contribution in [-0.2, 0) is 6.18 Å². The third-order valence-corrected chi connectivity index (χ3v) is 3.07. The summed E-state index contributed by atoms with van der Waals surface area (Å²) in [6, 6.07) is 3.01. The SMILES string of the molecule is CCN(CC)c1noc(-c2cc(C(F)(F)F)ccc2N)n1. The number of anilines is 2. The lowest BCUT2D eigenvalue weighted by molar-refractivity contribution is -0.137. The highest BCUT2D eigenvalue weighted by Crippen LogP contribution is 2.34. The minimum atomic E-state index is -4.45. The molecule has 114 valence electrons. The molecule has 2 aromatic rings. The summed E-state index contributed by atoms with van der Waals surface area (Å²) in [5, 5.41) is 3.77. The standard InChI is InChI=1S/C13H15F3N4O/c1-3-20(4-2)12-18-11(21-19-12)9-7-8(13(14,15)16)5-6-10(9)17/h5-7H,3-4,17H2,1-2H3. The van der Waals surface area contributed by atoms with Gasteiger partial charge in [0, 0.05) is 18.8 Å². The molecule has 0 aliphatic heterocycles. The average molecular weight is 300 g/mol. The van der Waals surface area contributed by atoms with Gasteiger partial charge in [0.15, 0.2) is 0 Å². The molecule has 0 spiro atoms. The van der Waals surface area contributed by atoms with Gasteiger partial charge in [-0.2, -0.15) is 18.2 Å². The molecule has 2 N–H and O–H groups in total. The Hall–Kier alpha value is -2.25. The zero-order valence-electron chi connectivity index (χ0n) is 11.6. The van der Waals surface area contributed by atoms with E-state index in [-0.39, 0.29) is 17.1 Å².